The summed E-state index contributed by atoms with van der Waals surface area (Å²) in [6.07, 6.45) is 2.03. The van der Waals surface area contributed by atoms with E-state index >= 15 is 0 Å². The molecule has 1 heterocycles. The predicted molar refractivity (Wildman–Crippen MR) is 78.5 cm³/mol. The van der Waals surface area contributed by atoms with Crippen molar-refractivity contribution in [1.82, 2.24) is 14.3 Å². The van der Waals surface area contributed by atoms with E-state index in [0.717, 1.165) is 15.7 Å². The lowest BCUT2D eigenvalue weighted by Gasteiger charge is -2.15. The third-order valence-electron chi connectivity index (χ3n) is 3.40. The molecule has 8 nitrogen and oxygen atoms in total. The molecule has 0 aliphatic heterocycles. The van der Waals surface area contributed by atoms with Gasteiger partial charge in [0.15, 0.2) is 0 Å². The van der Waals surface area contributed by atoms with Crippen LogP contribution in [0, 0.1) is 5.92 Å². The lowest BCUT2D eigenvalue weighted by atomic mass is 10.0. The number of aryl methyl sites for hydroxylation is 1. The van der Waals surface area contributed by atoms with Crippen LogP contribution in [-0.4, -0.2) is 31.5 Å². The molecule has 2 unspecified atom stereocenters. The number of carbonyl (C=O) groups is 1. The van der Waals surface area contributed by atoms with E-state index in [1.807, 2.05) is 6.92 Å². The van der Waals surface area contributed by atoms with Gasteiger partial charge in [-0.05, 0) is 19.8 Å². The van der Waals surface area contributed by atoms with Gasteiger partial charge in [-0.1, -0.05) is 13.3 Å². The van der Waals surface area contributed by atoms with E-state index in [1.54, 1.807) is 6.92 Å². The zero-order valence-corrected chi connectivity index (χ0v) is 12.8. The van der Waals surface area contributed by atoms with Crippen molar-refractivity contribution in [2.75, 3.05) is 5.32 Å². The van der Waals surface area contributed by atoms with Crippen molar-refractivity contribution in [1.29, 1.82) is 0 Å². The zero-order chi connectivity index (χ0) is 16.2. The molecule has 0 aliphatic rings. The molecular weight excluding hydrogens is 276 g/mol. The average molecular weight is 298 g/mol. The molecule has 0 aromatic carbocycles. The molecule has 1 aromatic rings. The molecular formula is C13H22N4O4. The van der Waals surface area contributed by atoms with Gasteiger partial charge < -0.3 is 10.4 Å². The molecule has 0 saturated heterocycles. The maximum atomic E-state index is 11.9. The van der Waals surface area contributed by atoms with Crippen molar-refractivity contribution in [2.24, 2.45) is 20.0 Å². The Morgan fingerprint density at radius 1 is 1.29 bits per heavy atom. The molecule has 1 rings (SSSR count). The monoisotopic (exact) mass is 298 g/mol. The van der Waals surface area contributed by atoms with Crippen LogP contribution in [0.5, 0.6) is 0 Å². The number of anilines is 1. The first-order chi connectivity index (χ1) is 9.73. The molecule has 1 aromatic heterocycles. The van der Waals surface area contributed by atoms with Crippen LogP contribution in [0.3, 0.4) is 0 Å². The molecule has 8 heteroatoms. The highest BCUT2D eigenvalue weighted by Crippen LogP contribution is 2.11. The van der Waals surface area contributed by atoms with Gasteiger partial charge in [-0.15, -0.1) is 5.10 Å². The second-order valence-electron chi connectivity index (χ2n) is 5.33. The number of hydrogen-bond acceptors (Lipinski definition) is 5. The summed E-state index contributed by atoms with van der Waals surface area (Å²) in [4.78, 5) is 34.1. The highest BCUT2D eigenvalue weighted by atomic mass is 16.4. The molecule has 0 amide bonds. The Morgan fingerprint density at radius 3 is 2.48 bits per heavy atom. The van der Waals surface area contributed by atoms with Gasteiger partial charge in [0.1, 0.15) is 0 Å². The summed E-state index contributed by atoms with van der Waals surface area (Å²) in [5, 5.41) is 15.7. The van der Waals surface area contributed by atoms with Gasteiger partial charge in [-0.3, -0.25) is 14.2 Å². The number of carboxylic acids is 1. The molecule has 0 spiro atoms. The topological polar surface area (TPSA) is 106 Å². The van der Waals surface area contributed by atoms with Gasteiger partial charge in [-0.2, -0.15) is 0 Å². The van der Waals surface area contributed by atoms with E-state index < -0.39 is 17.2 Å². The zero-order valence-electron chi connectivity index (χ0n) is 12.8. The first-order valence-electron chi connectivity index (χ1n) is 6.87. The molecule has 0 saturated carbocycles. The van der Waals surface area contributed by atoms with Crippen LogP contribution >= 0.6 is 0 Å². The Morgan fingerprint density at radius 2 is 1.90 bits per heavy atom. The van der Waals surface area contributed by atoms with E-state index in [1.165, 1.54) is 14.1 Å². The van der Waals surface area contributed by atoms with Crippen molar-refractivity contribution in [3.8, 4) is 0 Å². The fourth-order valence-corrected chi connectivity index (χ4v) is 1.95. The van der Waals surface area contributed by atoms with Gasteiger partial charge in [-0.25, -0.2) is 9.48 Å². The second-order valence-corrected chi connectivity index (χ2v) is 5.33. The number of carboxylic acid groups (broad SMARTS) is 1. The largest absolute Gasteiger partial charge is 0.481 e. The van der Waals surface area contributed by atoms with E-state index in [0.29, 0.717) is 12.8 Å². The molecule has 0 fully saturated rings. The Hall–Kier alpha value is -2.12. The maximum Gasteiger partial charge on any atom is 0.346 e. The van der Waals surface area contributed by atoms with Crippen molar-refractivity contribution < 1.29 is 9.90 Å². The molecule has 0 aliphatic carbocycles. The third kappa shape index (κ3) is 4.44. The van der Waals surface area contributed by atoms with E-state index in [-0.39, 0.29) is 17.8 Å². The molecule has 21 heavy (non-hydrogen) atoms. The summed E-state index contributed by atoms with van der Waals surface area (Å²) in [6.45, 7) is 3.56. The van der Waals surface area contributed by atoms with Gasteiger partial charge in [0.25, 0.3) is 5.56 Å². The standard InChI is InChI=1S/C13H22N4O4/c1-8(12(19)20)6-5-7-9(2)14-10-11(18)16(3)13(21)17(4)15-10/h8-9H,5-7H2,1-4H3,(H,14,15)(H,19,20). The number of nitrogens with zero attached hydrogens (tertiary/aromatic N) is 3. The molecule has 0 radical (unpaired) electrons. The van der Waals surface area contributed by atoms with Crippen LogP contribution in [0.2, 0.25) is 0 Å². The van der Waals surface area contributed by atoms with Crippen molar-refractivity contribution in [3.05, 3.63) is 20.8 Å². The lowest BCUT2D eigenvalue weighted by Crippen LogP contribution is -2.40. The quantitative estimate of drug-likeness (QED) is 0.743. The summed E-state index contributed by atoms with van der Waals surface area (Å²) in [5.74, 6) is -1.05. The summed E-state index contributed by atoms with van der Waals surface area (Å²) < 4.78 is 2.09. The summed E-state index contributed by atoms with van der Waals surface area (Å²) >= 11 is 0. The lowest BCUT2D eigenvalue weighted by molar-refractivity contribution is -0.141. The highest BCUT2D eigenvalue weighted by molar-refractivity contribution is 5.69. The summed E-state index contributed by atoms with van der Waals surface area (Å²) in [5.41, 5.74) is -0.947. The van der Waals surface area contributed by atoms with Crippen LogP contribution < -0.4 is 16.6 Å². The summed E-state index contributed by atoms with van der Waals surface area (Å²) in [6, 6.07) is -0.0382. The fourth-order valence-electron chi connectivity index (χ4n) is 1.95. The fraction of sp³-hybridized carbons (Fsp3) is 0.692. The van der Waals surface area contributed by atoms with E-state index in [4.69, 9.17) is 5.11 Å². The SMILES string of the molecule is CC(CCCC(C)C(=O)O)Nc1nn(C)c(=O)n(C)c1=O. The Bertz CT molecular complexity index is 620. The molecule has 2 N–H and O–H groups in total. The predicted octanol–water partition coefficient (Wildman–Crippen LogP) is 0.170. The van der Waals surface area contributed by atoms with Crippen molar-refractivity contribution in [2.45, 2.75) is 39.2 Å². The van der Waals surface area contributed by atoms with Crippen LogP contribution in [0.1, 0.15) is 33.1 Å². The Balaban J connectivity index is 2.64. The first-order valence-corrected chi connectivity index (χ1v) is 6.87. The molecule has 0 bridgehead atoms. The minimum absolute atomic E-state index is 0.0382. The van der Waals surface area contributed by atoms with Crippen LogP contribution in [0.15, 0.2) is 9.59 Å². The Labute approximate surface area is 122 Å². The highest BCUT2D eigenvalue weighted by Gasteiger charge is 2.13. The van der Waals surface area contributed by atoms with Gasteiger partial charge in [0, 0.05) is 20.1 Å². The number of aliphatic carboxylic acids is 1. The normalized spacial score (nSPS) is 13.7. The average Bonchev–Trinajstić information content (AvgIpc) is 2.42. The Kier molecular flexibility index (Phi) is 5.69. The summed E-state index contributed by atoms with van der Waals surface area (Å²) in [7, 11) is 2.88. The number of hydrogen-bond donors (Lipinski definition) is 2. The molecule has 118 valence electrons. The second kappa shape index (κ2) is 7.05. The minimum atomic E-state index is -0.802. The molecule has 2 atom stereocenters. The van der Waals surface area contributed by atoms with E-state index in [2.05, 4.69) is 10.4 Å². The number of rotatable bonds is 7. The number of nitrogens with one attached hydrogen (secondary N) is 1. The van der Waals surface area contributed by atoms with Gasteiger partial charge in [0.2, 0.25) is 5.82 Å². The van der Waals surface area contributed by atoms with E-state index in [9.17, 15) is 14.4 Å². The smallest absolute Gasteiger partial charge is 0.346 e. The van der Waals surface area contributed by atoms with Crippen molar-refractivity contribution in [3.63, 3.8) is 0 Å². The first kappa shape index (κ1) is 16.9. The van der Waals surface area contributed by atoms with Crippen LogP contribution in [0.25, 0.3) is 0 Å². The third-order valence-corrected chi connectivity index (χ3v) is 3.40. The van der Waals surface area contributed by atoms with Crippen molar-refractivity contribution >= 4 is 11.8 Å². The maximum absolute atomic E-state index is 11.9. The number of aromatic nitrogens is 3. The van der Waals surface area contributed by atoms with Gasteiger partial charge in [0.05, 0.1) is 5.92 Å². The van der Waals surface area contributed by atoms with Gasteiger partial charge >= 0.3 is 11.7 Å². The van der Waals surface area contributed by atoms with Crippen LogP contribution in [-0.2, 0) is 18.9 Å². The minimum Gasteiger partial charge on any atom is -0.481 e. The van der Waals surface area contributed by atoms with Crippen LogP contribution in [0.4, 0.5) is 5.82 Å².